The molecule has 0 fully saturated rings. The Morgan fingerprint density at radius 1 is 1.24 bits per heavy atom. The van der Waals surface area contributed by atoms with E-state index >= 15 is 0 Å². The minimum absolute atomic E-state index is 0.141. The quantitative estimate of drug-likeness (QED) is 0.367. The smallest absolute Gasteiger partial charge is 0.326 e. The molecule has 9 heteroatoms. The van der Waals surface area contributed by atoms with Crippen LogP contribution in [0.1, 0.15) is 18.7 Å². The van der Waals surface area contributed by atoms with Crippen LogP contribution in [0.3, 0.4) is 0 Å². The van der Waals surface area contributed by atoms with Crippen molar-refractivity contribution in [1.29, 1.82) is 0 Å². The molecule has 3 aromatic rings. The zero-order valence-electron chi connectivity index (χ0n) is 18.7. The average Bonchev–Trinajstić information content (AvgIpc) is 3.22. The average molecular weight is 468 g/mol. The van der Waals surface area contributed by atoms with Crippen molar-refractivity contribution >= 4 is 28.9 Å². The second-order valence-corrected chi connectivity index (χ2v) is 8.63. The van der Waals surface area contributed by atoms with Crippen LogP contribution in [0.25, 0.3) is 22.0 Å². The summed E-state index contributed by atoms with van der Waals surface area (Å²) in [6.07, 6.45) is 1.04. The molecule has 1 aromatic carbocycles. The second kappa shape index (κ2) is 10.1. The molecule has 2 aromatic heterocycles. The maximum Gasteiger partial charge on any atom is 0.326 e. The van der Waals surface area contributed by atoms with Crippen LogP contribution in [0.2, 0.25) is 0 Å². The van der Waals surface area contributed by atoms with Gasteiger partial charge in [0, 0.05) is 23.2 Å². The van der Waals surface area contributed by atoms with Gasteiger partial charge >= 0.3 is 5.97 Å². The van der Waals surface area contributed by atoms with E-state index in [0.29, 0.717) is 24.7 Å². The van der Waals surface area contributed by atoms with Gasteiger partial charge < -0.3 is 14.2 Å². The summed E-state index contributed by atoms with van der Waals surface area (Å²) >= 11 is 1.55. The molecule has 3 heterocycles. The number of amides is 1. The molecular weight excluding hydrogens is 442 g/mol. The molecule has 0 saturated carbocycles. The van der Waals surface area contributed by atoms with Crippen molar-refractivity contribution in [2.75, 3.05) is 31.3 Å². The van der Waals surface area contributed by atoms with E-state index < -0.39 is 12.1 Å². The molecule has 33 heavy (non-hydrogen) atoms. The van der Waals surface area contributed by atoms with E-state index in [1.165, 1.54) is 4.90 Å². The Balaban J connectivity index is 1.61. The number of benzene rings is 1. The van der Waals surface area contributed by atoms with Crippen molar-refractivity contribution in [1.82, 2.24) is 9.97 Å². The summed E-state index contributed by atoms with van der Waals surface area (Å²) in [5.41, 5.74) is 2.95. The van der Waals surface area contributed by atoms with Crippen LogP contribution >= 0.6 is 11.3 Å². The van der Waals surface area contributed by atoms with E-state index in [0.717, 1.165) is 26.8 Å². The molecule has 0 spiro atoms. The van der Waals surface area contributed by atoms with Crippen molar-refractivity contribution in [2.24, 2.45) is 0 Å². The number of ether oxygens (including phenoxy) is 3. The van der Waals surface area contributed by atoms with E-state index in [9.17, 15) is 9.59 Å². The Hall–Kier alpha value is -3.30. The van der Waals surface area contributed by atoms with E-state index in [2.05, 4.69) is 4.98 Å². The first-order valence-electron chi connectivity index (χ1n) is 10.7. The van der Waals surface area contributed by atoms with Crippen LogP contribution in [-0.2, 0) is 19.1 Å². The molecule has 1 amide bonds. The number of hydrogen-bond acceptors (Lipinski definition) is 8. The fraction of sp³-hybridized carbons (Fsp3) is 0.333. The molecule has 0 N–H and O–H groups in total. The van der Waals surface area contributed by atoms with Gasteiger partial charge in [0.1, 0.15) is 23.9 Å². The lowest BCUT2D eigenvalue weighted by Crippen LogP contribution is -2.47. The van der Waals surface area contributed by atoms with Gasteiger partial charge in [0.2, 0.25) is 0 Å². The number of carbonyl (C=O) groups is 2. The number of anilines is 1. The SMILES string of the molecule is CCOCCOC(=O)CN1C(=O)C(C)Oc2ccc(-c3nc(-c4ccccn4)sc3C)cc21. The summed E-state index contributed by atoms with van der Waals surface area (Å²) < 4.78 is 16.2. The first-order chi connectivity index (χ1) is 16.0. The number of rotatable bonds is 8. The van der Waals surface area contributed by atoms with Crippen LogP contribution in [0.5, 0.6) is 5.75 Å². The molecule has 1 atom stereocenters. The van der Waals surface area contributed by atoms with Gasteiger partial charge in [-0.05, 0) is 51.1 Å². The summed E-state index contributed by atoms with van der Waals surface area (Å²) in [5, 5.41) is 0.816. The summed E-state index contributed by atoms with van der Waals surface area (Å²) in [7, 11) is 0. The lowest BCUT2D eigenvalue weighted by atomic mass is 10.1. The predicted octanol–water partition coefficient (Wildman–Crippen LogP) is 3.87. The number of aromatic nitrogens is 2. The van der Waals surface area contributed by atoms with Crippen molar-refractivity contribution in [3.05, 3.63) is 47.5 Å². The zero-order chi connectivity index (χ0) is 23.4. The highest BCUT2D eigenvalue weighted by atomic mass is 32.1. The summed E-state index contributed by atoms with van der Waals surface area (Å²) in [4.78, 5) is 36.8. The van der Waals surface area contributed by atoms with E-state index in [-0.39, 0.29) is 19.1 Å². The van der Waals surface area contributed by atoms with Crippen molar-refractivity contribution in [2.45, 2.75) is 26.9 Å². The van der Waals surface area contributed by atoms with Crippen LogP contribution in [0, 0.1) is 6.92 Å². The zero-order valence-corrected chi connectivity index (χ0v) is 19.6. The monoisotopic (exact) mass is 467 g/mol. The minimum Gasteiger partial charge on any atom is -0.479 e. The first-order valence-corrected chi connectivity index (χ1v) is 11.5. The first kappa shape index (κ1) is 22.9. The molecular formula is C24H25N3O5S. The van der Waals surface area contributed by atoms with Gasteiger partial charge in [-0.25, -0.2) is 4.98 Å². The van der Waals surface area contributed by atoms with Gasteiger partial charge in [-0.3, -0.25) is 19.5 Å². The van der Waals surface area contributed by atoms with Crippen molar-refractivity contribution in [3.63, 3.8) is 0 Å². The van der Waals surface area contributed by atoms with Crippen LogP contribution in [0.15, 0.2) is 42.6 Å². The Morgan fingerprint density at radius 2 is 2.09 bits per heavy atom. The van der Waals surface area contributed by atoms with E-state index in [4.69, 9.17) is 19.2 Å². The van der Waals surface area contributed by atoms with Crippen molar-refractivity contribution < 1.29 is 23.8 Å². The Bertz CT molecular complexity index is 1150. The van der Waals surface area contributed by atoms with Crippen LogP contribution < -0.4 is 9.64 Å². The number of thiazole rings is 1. The van der Waals surface area contributed by atoms with Gasteiger partial charge in [0.15, 0.2) is 6.10 Å². The number of hydrogen-bond donors (Lipinski definition) is 0. The summed E-state index contributed by atoms with van der Waals surface area (Å²) in [6.45, 7) is 6.33. The van der Waals surface area contributed by atoms with E-state index in [1.807, 2.05) is 44.2 Å². The molecule has 1 aliphatic heterocycles. The Kier molecular flexibility index (Phi) is 7.00. The molecule has 0 saturated heterocycles. The number of aryl methyl sites for hydroxylation is 1. The fourth-order valence-electron chi connectivity index (χ4n) is 3.51. The molecule has 0 radical (unpaired) electrons. The topological polar surface area (TPSA) is 90.9 Å². The van der Waals surface area contributed by atoms with Crippen molar-refractivity contribution in [3.8, 4) is 27.7 Å². The molecule has 4 rings (SSSR count). The van der Waals surface area contributed by atoms with Gasteiger partial charge in [-0.2, -0.15) is 0 Å². The number of fused-ring (bicyclic) bond motifs is 1. The third-order valence-electron chi connectivity index (χ3n) is 5.10. The summed E-state index contributed by atoms with van der Waals surface area (Å²) in [6, 6.07) is 11.2. The largest absolute Gasteiger partial charge is 0.479 e. The Labute approximate surface area is 196 Å². The molecule has 0 bridgehead atoms. The second-order valence-electron chi connectivity index (χ2n) is 7.42. The number of nitrogens with zero attached hydrogens (tertiary/aromatic N) is 3. The third-order valence-corrected chi connectivity index (χ3v) is 6.10. The highest BCUT2D eigenvalue weighted by Gasteiger charge is 2.33. The maximum absolute atomic E-state index is 12.9. The standard InChI is InChI=1S/C24H25N3O5S/c1-4-30-11-12-31-21(28)14-27-19-13-17(8-9-20(19)32-15(2)24(27)29)22-16(3)33-23(26-22)18-7-5-6-10-25-18/h5-10,13,15H,4,11-12,14H2,1-3H3. The highest BCUT2D eigenvalue weighted by molar-refractivity contribution is 7.15. The Morgan fingerprint density at radius 3 is 2.85 bits per heavy atom. The van der Waals surface area contributed by atoms with Gasteiger partial charge in [-0.15, -0.1) is 11.3 Å². The predicted molar refractivity (Wildman–Crippen MR) is 125 cm³/mol. The summed E-state index contributed by atoms with van der Waals surface area (Å²) in [5.74, 6) is -0.271. The van der Waals surface area contributed by atoms with Gasteiger partial charge in [0.05, 0.1) is 23.7 Å². The van der Waals surface area contributed by atoms with Crippen LogP contribution in [0.4, 0.5) is 5.69 Å². The molecule has 172 valence electrons. The normalized spacial score (nSPS) is 15.2. The maximum atomic E-state index is 12.9. The molecule has 1 unspecified atom stereocenters. The lowest BCUT2D eigenvalue weighted by Gasteiger charge is -2.32. The molecule has 8 nitrogen and oxygen atoms in total. The highest BCUT2D eigenvalue weighted by Crippen LogP contribution is 2.39. The molecule has 0 aliphatic carbocycles. The van der Waals surface area contributed by atoms with Crippen LogP contribution in [-0.4, -0.2) is 54.3 Å². The fourth-order valence-corrected chi connectivity index (χ4v) is 4.43. The minimum atomic E-state index is -0.698. The van der Waals surface area contributed by atoms with E-state index in [1.54, 1.807) is 30.5 Å². The number of pyridine rings is 1. The third kappa shape index (κ3) is 5.04. The molecule has 1 aliphatic rings. The number of carbonyl (C=O) groups excluding carboxylic acids is 2. The van der Waals surface area contributed by atoms with Gasteiger partial charge in [-0.1, -0.05) is 6.07 Å². The lowest BCUT2D eigenvalue weighted by molar-refractivity contribution is -0.144. The number of esters is 1. The van der Waals surface area contributed by atoms with Gasteiger partial charge in [0.25, 0.3) is 5.91 Å².